The highest BCUT2D eigenvalue weighted by atomic mass is 16.5. The standard InChI is InChI=1S/C31H25NO4/c1-36-31(35)28(32-30(34)27-18-24-8-4-5-9-25(24)19-29(27)33)16-20-10-12-22(13-11-20)26-15-14-21-6-2-3-7-23(21)17-26/h2-15,17-19,28,33H,16H2,1H3,(H,32,34). The molecular formula is C31H25NO4. The van der Waals surface area contributed by atoms with Gasteiger partial charge in [-0.1, -0.05) is 84.9 Å². The van der Waals surface area contributed by atoms with E-state index in [2.05, 4.69) is 35.6 Å². The molecule has 5 aromatic carbocycles. The number of carbonyl (C=O) groups is 2. The molecule has 1 unspecified atom stereocenters. The molecule has 5 heteroatoms. The van der Waals surface area contributed by atoms with Crippen molar-refractivity contribution in [2.24, 2.45) is 0 Å². The van der Waals surface area contributed by atoms with Gasteiger partial charge < -0.3 is 15.2 Å². The van der Waals surface area contributed by atoms with Crippen LogP contribution in [-0.4, -0.2) is 30.1 Å². The molecule has 1 atom stereocenters. The number of carbonyl (C=O) groups excluding carboxylic acids is 2. The smallest absolute Gasteiger partial charge is 0.328 e. The fourth-order valence-corrected chi connectivity index (χ4v) is 4.42. The summed E-state index contributed by atoms with van der Waals surface area (Å²) in [6, 6.07) is 32.2. The second-order valence-electron chi connectivity index (χ2n) is 8.73. The maximum atomic E-state index is 13.0. The van der Waals surface area contributed by atoms with Gasteiger partial charge in [0, 0.05) is 6.42 Å². The summed E-state index contributed by atoms with van der Waals surface area (Å²) in [5, 5.41) is 17.1. The van der Waals surface area contributed by atoms with Crippen LogP contribution in [0.3, 0.4) is 0 Å². The number of esters is 1. The fraction of sp³-hybridized carbons (Fsp3) is 0.0968. The van der Waals surface area contributed by atoms with E-state index in [1.165, 1.54) is 17.9 Å². The highest BCUT2D eigenvalue weighted by Crippen LogP contribution is 2.26. The van der Waals surface area contributed by atoms with Crippen LogP contribution in [0.15, 0.2) is 103 Å². The first-order chi connectivity index (χ1) is 17.5. The number of benzene rings is 5. The molecule has 0 aliphatic heterocycles. The second kappa shape index (κ2) is 9.92. The van der Waals surface area contributed by atoms with E-state index in [0.717, 1.165) is 27.5 Å². The molecule has 2 N–H and O–H groups in total. The number of phenols is 1. The Kier molecular flexibility index (Phi) is 6.37. The molecule has 178 valence electrons. The first-order valence-corrected chi connectivity index (χ1v) is 11.7. The van der Waals surface area contributed by atoms with Gasteiger partial charge >= 0.3 is 5.97 Å². The molecule has 0 bridgehead atoms. The van der Waals surface area contributed by atoms with Crippen LogP contribution in [0.4, 0.5) is 0 Å². The number of hydrogen-bond acceptors (Lipinski definition) is 4. The largest absolute Gasteiger partial charge is 0.507 e. The summed E-state index contributed by atoms with van der Waals surface area (Å²) in [5.74, 6) is -1.24. The van der Waals surface area contributed by atoms with Crippen molar-refractivity contribution in [1.29, 1.82) is 0 Å². The van der Waals surface area contributed by atoms with Gasteiger partial charge in [0.05, 0.1) is 12.7 Å². The third-order valence-corrected chi connectivity index (χ3v) is 6.38. The normalized spacial score (nSPS) is 11.8. The molecule has 0 saturated carbocycles. The van der Waals surface area contributed by atoms with Crippen LogP contribution in [0.2, 0.25) is 0 Å². The monoisotopic (exact) mass is 475 g/mol. The second-order valence-corrected chi connectivity index (χ2v) is 8.73. The topological polar surface area (TPSA) is 75.6 Å². The minimum atomic E-state index is -0.903. The van der Waals surface area contributed by atoms with Gasteiger partial charge in [-0.05, 0) is 56.4 Å². The van der Waals surface area contributed by atoms with Crippen molar-refractivity contribution in [2.45, 2.75) is 12.5 Å². The number of amides is 1. The van der Waals surface area contributed by atoms with Crippen LogP contribution in [0.5, 0.6) is 5.75 Å². The van der Waals surface area contributed by atoms with Gasteiger partial charge in [0.1, 0.15) is 11.8 Å². The van der Waals surface area contributed by atoms with Gasteiger partial charge in [0.2, 0.25) is 0 Å². The molecule has 0 aliphatic carbocycles. The zero-order chi connectivity index (χ0) is 25.1. The number of nitrogens with one attached hydrogen (secondary N) is 1. The Hall–Kier alpha value is -4.64. The zero-order valence-electron chi connectivity index (χ0n) is 19.8. The van der Waals surface area contributed by atoms with Crippen molar-refractivity contribution in [3.05, 3.63) is 114 Å². The van der Waals surface area contributed by atoms with E-state index < -0.39 is 17.9 Å². The lowest BCUT2D eigenvalue weighted by atomic mass is 9.98. The van der Waals surface area contributed by atoms with Gasteiger partial charge in [-0.15, -0.1) is 0 Å². The molecule has 0 radical (unpaired) electrons. The number of hydrogen-bond donors (Lipinski definition) is 2. The summed E-state index contributed by atoms with van der Waals surface area (Å²) in [4.78, 5) is 25.5. The van der Waals surface area contributed by atoms with Crippen LogP contribution in [0.25, 0.3) is 32.7 Å². The van der Waals surface area contributed by atoms with Gasteiger partial charge in [0.25, 0.3) is 5.91 Å². The van der Waals surface area contributed by atoms with Crippen molar-refractivity contribution in [2.75, 3.05) is 7.11 Å². The first-order valence-electron chi connectivity index (χ1n) is 11.7. The van der Waals surface area contributed by atoms with Crippen molar-refractivity contribution >= 4 is 33.4 Å². The molecule has 0 aliphatic rings. The molecule has 5 rings (SSSR count). The first kappa shape index (κ1) is 23.1. The minimum absolute atomic E-state index is 0.106. The predicted molar refractivity (Wildman–Crippen MR) is 142 cm³/mol. The van der Waals surface area contributed by atoms with E-state index in [0.29, 0.717) is 0 Å². The summed E-state index contributed by atoms with van der Waals surface area (Å²) < 4.78 is 4.94. The maximum absolute atomic E-state index is 13.0. The highest BCUT2D eigenvalue weighted by Gasteiger charge is 2.24. The molecule has 0 fully saturated rings. The molecule has 36 heavy (non-hydrogen) atoms. The number of methoxy groups -OCH3 is 1. The quantitative estimate of drug-likeness (QED) is 0.301. The van der Waals surface area contributed by atoms with Gasteiger partial charge in [-0.2, -0.15) is 0 Å². The van der Waals surface area contributed by atoms with Crippen molar-refractivity contribution < 1.29 is 19.4 Å². The average molecular weight is 476 g/mol. The number of fused-ring (bicyclic) bond motifs is 2. The van der Waals surface area contributed by atoms with E-state index in [4.69, 9.17) is 4.74 Å². The third kappa shape index (κ3) is 4.77. The Morgan fingerprint density at radius 3 is 2.00 bits per heavy atom. The zero-order valence-corrected chi connectivity index (χ0v) is 19.8. The van der Waals surface area contributed by atoms with Crippen molar-refractivity contribution in [3.63, 3.8) is 0 Å². The molecule has 5 aromatic rings. The molecule has 0 aromatic heterocycles. The van der Waals surface area contributed by atoms with Crippen LogP contribution < -0.4 is 5.32 Å². The molecule has 0 saturated heterocycles. The van der Waals surface area contributed by atoms with E-state index >= 15 is 0 Å². The number of ether oxygens (including phenoxy) is 1. The Labute approximate surface area is 209 Å². The summed E-state index contributed by atoms with van der Waals surface area (Å²) in [6.45, 7) is 0. The summed E-state index contributed by atoms with van der Waals surface area (Å²) in [7, 11) is 1.29. The van der Waals surface area contributed by atoms with Crippen molar-refractivity contribution in [3.8, 4) is 16.9 Å². The van der Waals surface area contributed by atoms with E-state index in [-0.39, 0.29) is 17.7 Å². The fourth-order valence-electron chi connectivity index (χ4n) is 4.42. The van der Waals surface area contributed by atoms with Gasteiger partial charge in [0.15, 0.2) is 0 Å². The molecule has 1 amide bonds. The Morgan fingerprint density at radius 1 is 0.750 bits per heavy atom. The number of rotatable bonds is 6. The van der Waals surface area contributed by atoms with Gasteiger partial charge in [-0.25, -0.2) is 4.79 Å². The Balaban J connectivity index is 1.35. The van der Waals surface area contributed by atoms with Gasteiger partial charge in [-0.3, -0.25) is 4.79 Å². The SMILES string of the molecule is COC(=O)C(Cc1ccc(-c2ccc3ccccc3c2)cc1)NC(=O)c1cc2ccccc2cc1O. The van der Waals surface area contributed by atoms with Crippen LogP contribution in [-0.2, 0) is 16.0 Å². The van der Waals surface area contributed by atoms with Crippen LogP contribution >= 0.6 is 0 Å². The van der Waals surface area contributed by atoms with E-state index in [9.17, 15) is 14.7 Å². The van der Waals surface area contributed by atoms with Crippen LogP contribution in [0.1, 0.15) is 15.9 Å². The lowest BCUT2D eigenvalue weighted by Gasteiger charge is -2.17. The predicted octanol–water partition coefficient (Wildman–Crippen LogP) is 5.88. The highest BCUT2D eigenvalue weighted by molar-refractivity contribution is 6.03. The lowest BCUT2D eigenvalue weighted by Crippen LogP contribution is -2.43. The molecule has 0 heterocycles. The summed E-state index contributed by atoms with van der Waals surface area (Å²) >= 11 is 0. The number of aromatic hydroxyl groups is 1. The maximum Gasteiger partial charge on any atom is 0.328 e. The molecular weight excluding hydrogens is 450 g/mol. The third-order valence-electron chi connectivity index (χ3n) is 6.38. The van der Waals surface area contributed by atoms with E-state index in [1.54, 1.807) is 12.1 Å². The molecule has 0 spiro atoms. The van der Waals surface area contributed by atoms with E-state index in [1.807, 2.05) is 60.7 Å². The Morgan fingerprint density at radius 2 is 1.33 bits per heavy atom. The minimum Gasteiger partial charge on any atom is -0.507 e. The van der Waals surface area contributed by atoms with Crippen LogP contribution in [0, 0.1) is 0 Å². The summed E-state index contributed by atoms with van der Waals surface area (Å²) in [6.07, 6.45) is 0.255. The van der Waals surface area contributed by atoms with Crippen molar-refractivity contribution in [1.82, 2.24) is 5.32 Å². The average Bonchev–Trinajstić information content (AvgIpc) is 2.92. The lowest BCUT2D eigenvalue weighted by molar-refractivity contribution is -0.142. The Bertz CT molecular complexity index is 1570. The summed E-state index contributed by atoms with van der Waals surface area (Å²) in [5.41, 5.74) is 3.14. The number of phenolic OH excluding ortho intramolecular Hbond substituents is 1. The molecule has 5 nitrogen and oxygen atoms in total.